The largest absolute Gasteiger partial charge is 0.382 e. The Morgan fingerprint density at radius 3 is 2.79 bits per heavy atom. The Bertz CT molecular complexity index is 1180. The van der Waals surface area contributed by atoms with E-state index in [0.29, 0.717) is 18.8 Å². The molecule has 0 aliphatic rings. The lowest BCUT2D eigenvalue weighted by Crippen LogP contribution is -2.13. The van der Waals surface area contributed by atoms with E-state index in [2.05, 4.69) is 42.0 Å². The highest BCUT2D eigenvalue weighted by Crippen LogP contribution is 2.35. The Hall–Kier alpha value is -3.14. The Kier molecular flexibility index (Phi) is 4.86. The Labute approximate surface area is 163 Å². The van der Waals surface area contributed by atoms with Crippen LogP contribution in [0.3, 0.4) is 0 Å². The van der Waals surface area contributed by atoms with E-state index in [4.69, 9.17) is 19.7 Å². The van der Waals surface area contributed by atoms with Gasteiger partial charge in [-0.05, 0) is 49.2 Å². The number of ether oxygens (including phenoxy) is 2. The van der Waals surface area contributed by atoms with Crippen molar-refractivity contribution in [1.29, 1.82) is 5.26 Å². The van der Waals surface area contributed by atoms with Gasteiger partial charge in [0.25, 0.3) is 0 Å². The third-order valence-corrected chi connectivity index (χ3v) is 5.00. The topological polar surface area (TPSA) is 86.7 Å². The molecule has 142 valence electrons. The molecule has 1 atom stereocenters. The van der Waals surface area contributed by atoms with Crippen LogP contribution in [-0.4, -0.2) is 35.3 Å². The highest BCUT2D eigenvalue weighted by molar-refractivity contribution is 5.88. The average Bonchev–Trinajstić information content (AvgIpc) is 3.33. The van der Waals surface area contributed by atoms with Gasteiger partial charge >= 0.3 is 0 Å². The van der Waals surface area contributed by atoms with Crippen molar-refractivity contribution < 1.29 is 9.47 Å². The Morgan fingerprint density at radius 2 is 2.00 bits per heavy atom. The highest BCUT2D eigenvalue weighted by Gasteiger charge is 2.24. The molecule has 0 saturated carbocycles. The van der Waals surface area contributed by atoms with Crippen molar-refractivity contribution in [1.82, 2.24) is 15.0 Å². The first kappa shape index (κ1) is 18.2. The average molecular weight is 374 g/mol. The van der Waals surface area contributed by atoms with E-state index in [1.54, 1.807) is 13.2 Å². The fourth-order valence-corrected chi connectivity index (χ4v) is 3.73. The third-order valence-electron chi connectivity index (χ3n) is 5.00. The third kappa shape index (κ3) is 3.15. The molecule has 28 heavy (non-hydrogen) atoms. The first-order chi connectivity index (χ1) is 13.6. The molecule has 4 rings (SSSR count). The zero-order valence-corrected chi connectivity index (χ0v) is 16.2. The molecular weight excluding hydrogens is 352 g/mol. The molecule has 0 fully saturated rings. The second-order valence-electron chi connectivity index (χ2n) is 6.90. The standard InChI is InChI=1S/C22H22N4O2/c1-13-10-14(2)20-16(6-7-24-20)19(13)21(28-9-8-27-3)22-25-17-5-4-15(12-23)11-18(17)26-22/h4-7,10-11,21,24H,8-9H2,1-3H3,(H,25,26). The second-order valence-corrected chi connectivity index (χ2v) is 6.90. The van der Waals surface area contributed by atoms with Crippen LogP contribution in [0.25, 0.3) is 21.9 Å². The number of methoxy groups -OCH3 is 1. The van der Waals surface area contributed by atoms with Crippen molar-refractivity contribution in [2.75, 3.05) is 20.3 Å². The maximum Gasteiger partial charge on any atom is 0.141 e. The van der Waals surface area contributed by atoms with Crippen molar-refractivity contribution in [2.45, 2.75) is 20.0 Å². The quantitative estimate of drug-likeness (QED) is 0.493. The lowest BCUT2D eigenvalue weighted by atomic mass is 9.96. The highest BCUT2D eigenvalue weighted by atomic mass is 16.5. The van der Waals surface area contributed by atoms with Crippen LogP contribution in [0.1, 0.15) is 34.2 Å². The number of fused-ring (bicyclic) bond motifs is 2. The van der Waals surface area contributed by atoms with Crippen LogP contribution in [0.5, 0.6) is 0 Å². The summed E-state index contributed by atoms with van der Waals surface area (Å²) in [7, 11) is 1.66. The number of H-pyrrole nitrogens is 2. The van der Waals surface area contributed by atoms with Crippen molar-refractivity contribution in [3.63, 3.8) is 0 Å². The molecule has 6 nitrogen and oxygen atoms in total. The molecule has 6 heteroatoms. The molecule has 0 aliphatic heterocycles. The van der Waals surface area contributed by atoms with Gasteiger partial charge in [-0.15, -0.1) is 0 Å². The van der Waals surface area contributed by atoms with Gasteiger partial charge in [0, 0.05) is 29.8 Å². The van der Waals surface area contributed by atoms with Gasteiger partial charge in [-0.25, -0.2) is 4.98 Å². The fourth-order valence-electron chi connectivity index (χ4n) is 3.73. The molecule has 0 saturated heterocycles. The number of aryl methyl sites for hydroxylation is 2. The van der Waals surface area contributed by atoms with Crippen LogP contribution < -0.4 is 0 Å². The van der Waals surface area contributed by atoms with Crippen molar-refractivity contribution in [3.05, 3.63) is 64.6 Å². The molecule has 4 aromatic rings. The van der Waals surface area contributed by atoms with E-state index in [0.717, 1.165) is 38.9 Å². The monoisotopic (exact) mass is 374 g/mol. The number of hydrogen-bond acceptors (Lipinski definition) is 4. The lowest BCUT2D eigenvalue weighted by Gasteiger charge is -2.20. The molecule has 2 aromatic carbocycles. The first-order valence-corrected chi connectivity index (χ1v) is 9.20. The van der Waals surface area contributed by atoms with E-state index in [1.165, 1.54) is 5.56 Å². The van der Waals surface area contributed by atoms with Crippen molar-refractivity contribution >= 4 is 21.9 Å². The van der Waals surface area contributed by atoms with Crippen LogP contribution in [0.4, 0.5) is 0 Å². The molecule has 2 aromatic heterocycles. The van der Waals surface area contributed by atoms with Crippen LogP contribution in [0, 0.1) is 25.2 Å². The number of aromatic amines is 2. The van der Waals surface area contributed by atoms with Crippen LogP contribution in [0.15, 0.2) is 36.5 Å². The molecule has 0 radical (unpaired) electrons. The SMILES string of the molecule is COCCOC(c1nc2ccc(C#N)cc2[nH]1)c1c(C)cc(C)c2[nH]ccc12. The van der Waals surface area contributed by atoms with E-state index < -0.39 is 0 Å². The van der Waals surface area contributed by atoms with Gasteiger partial charge in [0.2, 0.25) is 0 Å². The Morgan fingerprint density at radius 1 is 1.14 bits per heavy atom. The van der Waals surface area contributed by atoms with E-state index in [-0.39, 0.29) is 6.10 Å². The second kappa shape index (κ2) is 7.47. The summed E-state index contributed by atoms with van der Waals surface area (Å²) >= 11 is 0. The molecular formula is C22H22N4O2. The Balaban J connectivity index is 1.87. The van der Waals surface area contributed by atoms with E-state index in [9.17, 15) is 0 Å². The maximum absolute atomic E-state index is 9.17. The van der Waals surface area contributed by atoms with Gasteiger partial charge < -0.3 is 19.4 Å². The predicted octanol–water partition coefficient (Wildman–Crippen LogP) is 4.29. The van der Waals surface area contributed by atoms with E-state index in [1.807, 2.05) is 18.3 Å². The zero-order valence-electron chi connectivity index (χ0n) is 16.2. The first-order valence-electron chi connectivity index (χ1n) is 9.20. The summed E-state index contributed by atoms with van der Waals surface area (Å²) in [6, 6.07) is 11.8. The van der Waals surface area contributed by atoms with Gasteiger partial charge in [0.1, 0.15) is 11.9 Å². The molecule has 2 heterocycles. The smallest absolute Gasteiger partial charge is 0.141 e. The minimum absolute atomic E-state index is 0.369. The van der Waals surface area contributed by atoms with Gasteiger partial charge in [-0.3, -0.25) is 0 Å². The molecule has 2 N–H and O–H groups in total. The number of hydrogen-bond donors (Lipinski definition) is 2. The van der Waals surface area contributed by atoms with E-state index >= 15 is 0 Å². The molecule has 0 amide bonds. The number of benzene rings is 2. The number of nitriles is 1. The summed E-state index contributed by atoms with van der Waals surface area (Å²) in [6.45, 7) is 5.14. The normalized spacial score (nSPS) is 12.5. The summed E-state index contributed by atoms with van der Waals surface area (Å²) in [5.74, 6) is 0.718. The molecule has 0 bridgehead atoms. The summed E-state index contributed by atoms with van der Waals surface area (Å²) in [4.78, 5) is 11.4. The summed E-state index contributed by atoms with van der Waals surface area (Å²) in [5, 5.41) is 10.3. The predicted molar refractivity (Wildman–Crippen MR) is 108 cm³/mol. The number of rotatable bonds is 6. The number of imidazole rings is 1. The molecule has 1 unspecified atom stereocenters. The van der Waals surface area contributed by atoms with Gasteiger partial charge in [-0.2, -0.15) is 5.26 Å². The lowest BCUT2D eigenvalue weighted by molar-refractivity contribution is 0.0326. The van der Waals surface area contributed by atoms with Crippen molar-refractivity contribution in [2.24, 2.45) is 0 Å². The van der Waals surface area contributed by atoms with Crippen LogP contribution >= 0.6 is 0 Å². The summed E-state index contributed by atoms with van der Waals surface area (Å²) in [6.07, 6.45) is 1.58. The number of nitrogens with one attached hydrogen (secondary N) is 2. The fraction of sp³-hybridized carbons (Fsp3) is 0.273. The number of aromatic nitrogens is 3. The molecule has 0 spiro atoms. The number of nitrogens with zero attached hydrogens (tertiary/aromatic N) is 2. The van der Waals surface area contributed by atoms with Gasteiger partial charge in [-0.1, -0.05) is 6.07 Å². The minimum Gasteiger partial charge on any atom is -0.382 e. The minimum atomic E-state index is -0.369. The molecule has 0 aliphatic carbocycles. The summed E-state index contributed by atoms with van der Waals surface area (Å²) < 4.78 is 11.4. The van der Waals surface area contributed by atoms with Crippen LogP contribution in [-0.2, 0) is 9.47 Å². The van der Waals surface area contributed by atoms with Gasteiger partial charge in [0.15, 0.2) is 0 Å². The maximum atomic E-state index is 9.17. The van der Waals surface area contributed by atoms with Crippen molar-refractivity contribution in [3.8, 4) is 6.07 Å². The van der Waals surface area contributed by atoms with Gasteiger partial charge in [0.05, 0.1) is 35.9 Å². The van der Waals surface area contributed by atoms with Crippen LogP contribution in [0.2, 0.25) is 0 Å². The zero-order chi connectivity index (χ0) is 19.7. The summed E-state index contributed by atoms with van der Waals surface area (Å²) in [5.41, 5.74) is 6.75.